The minimum Gasteiger partial charge on any atom is -0.250 e. The first-order valence-corrected chi connectivity index (χ1v) is 5.72. The summed E-state index contributed by atoms with van der Waals surface area (Å²) < 4.78 is 12.1. The Bertz CT molecular complexity index is 473. The highest BCUT2D eigenvalue weighted by atomic mass is 32.2. The number of aromatic nitrogens is 2. The molecule has 0 N–H and O–H groups in total. The third kappa shape index (κ3) is 2.26. The van der Waals surface area contributed by atoms with Crippen molar-refractivity contribution in [3.8, 4) is 0 Å². The highest BCUT2D eigenvalue weighted by Crippen LogP contribution is 2.24. The summed E-state index contributed by atoms with van der Waals surface area (Å²) in [6.45, 7) is 1.52. The van der Waals surface area contributed by atoms with Crippen molar-refractivity contribution in [2.45, 2.75) is 11.9 Å². The summed E-state index contributed by atoms with van der Waals surface area (Å²) in [5, 5.41) is 1.87. The van der Waals surface area contributed by atoms with E-state index in [0.717, 1.165) is 21.8 Å². The molecule has 0 aliphatic rings. The van der Waals surface area contributed by atoms with E-state index >= 15 is 0 Å². The van der Waals surface area contributed by atoms with Gasteiger partial charge >= 0.3 is 0 Å². The number of benzene rings is 1. The predicted molar refractivity (Wildman–Crippen MR) is 61.0 cm³/mol. The Morgan fingerprint density at radius 3 is 2.87 bits per heavy atom. The lowest BCUT2D eigenvalue weighted by Gasteiger charge is -2.04. The fourth-order valence-electron chi connectivity index (χ4n) is 1.40. The van der Waals surface area contributed by atoms with Gasteiger partial charge in [-0.3, -0.25) is 4.39 Å². The zero-order valence-corrected chi connectivity index (χ0v) is 9.22. The summed E-state index contributed by atoms with van der Waals surface area (Å²) >= 11 is 1.44. The van der Waals surface area contributed by atoms with Crippen LogP contribution in [0.25, 0.3) is 10.9 Å². The van der Waals surface area contributed by atoms with E-state index in [4.69, 9.17) is 0 Å². The molecule has 2 rings (SSSR count). The molecule has 0 amide bonds. The van der Waals surface area contributed by atoms with E-state index in [1.54, 1.807) is 0 Å². The molecule has 0 saturated carbocycles. The fraction of sp³-hybridized carbons (Fsp3) is 0.273. The van der Waals surface area contributed by atoms with Crippen molar-refractivity contribution in [1.82, 2.24) is 9.97 Å². The quantitative estimate of drug-likeness (QED) is 0.589. The molecule has 0 fully saturated rings. The van der Waals surface area contributed by atoms with Crippen LogP contribution in [0.4, 0.5) is 4.39 Å². The van der Waals surface area contributed by atoms with Gasteiger partial charge in [0.05, 0.1) is 12.2 Å². The van der Waals surface area contributed by atoms with E-state index in [0.29, 0.717) is 5.75 Å². The summed E-state index contributed by atoms with van der Waals surface area (Å²) in [5.41, 5.74) is 0.923. The number of thioether (sulfide) groups is 1. The van der Waals surface area contributed by atoms with Gasteiger partial charge in [-0.25, -0.2) is 9.97 Å². The molecule has 0 spiro atoms. The normalized spacial score (nSPS) is 10.8. The second kappa shape index (κ2) is 4.57. The van der Waals surface area contributed by atoms with Crippen LogP contribution >= 0.6 is 11.8 Å². The second-order valence-corrected chi connectivity index (χ2v) is 4.21. The lowest BCUT2D eigenvalue weighted by Crippen LogP contribution is -1.93. The zero-order chi connectivity index (χ0) is 10.7. The van der Waals surface area contributed by atoms with Crippen LogP contribution in [0.1, 0.15) is 5.82 Å². The molecule has 78 valence electrons. The number of halogens is 1. The van der Waals surface area contributed by atoms with E-state index in [2.05, 4.69) is 9.97 Å². The van der Waals surface area contributed by atoms with Crippen LogP contribution in [0.3, 0.4) is 0 Å². The molecule has 0 atom stereocenters. The molecule has 1 aromatic heterocycles. The van der Waals surface area contributed by atoms with Gasteiger partial charge in [0.1, 0.15) is 10.9 Å². The topological polar surface area (TPSA) is 25.8 Å². The molecule has 0 aliphatic carbocycles. The lowest BCUT2D eigenvalue weighted by molar-refractivity contribution is 0.532. The minimum atomic E-state index is -0.331. The largest absolute Gasteiger partial charge is 0.250 e. The van der Waals surface area contributed by atoms with Crippen molar-refractivity contribution in [2.24, 2.45) is 0 Å². The molecule has 0 radical (unpaired) electrons. The number of hydrogen-bond donors (Lipinski definition) is 0. The van der Waals surface area contributed by atoms with Crippen molar-refractivity contribution in [3.63, 3.8) is 0 Å². The number of fused-ring (bicyclic) bond motifs is 1. The van der Waals surface area contributed by atoms with Crippen molar-refractivity contribution >= 4 is 22.7 Å². The maximum Gasteiger partial charge on any atom is 0.127 e. The third-order valence-electron chi connectivity index (χ3n) is 2.00. The van der Waals surface area contributed by atoms with Crippen LogP contribution < -0.4 is 0 Å². The maximum absolute atomic E-state index is 12.1. The number of hydrogen-bond acceptors (Lipinski definition) is 3. The van der Waals surface area contributed by atoms with E-state index in [1.807, 2.05) is 31.2 Å². The van der Waals surface area contributed by atoms with E-state index in [9.17, 15) is 4.39 Å². The predicted octanol–water partition coefficient (Wildman–Crippen LogP) is 3.00. The number of para-hydroxylation sites is 1. The molecule has 2 nitrogen and oxygen atoms in total. The first-order chi connectivity index (χ1) is 7.31. The average Bonchev–Trinajstić information content (AvgIpc) is 2.25. The zero-order valence-electron chi connectivity index (χ0n) is 8.40. The van der Waals surface area contributed by atoms with Gasteiger partial charge in [0, 0.05) is 11.1 Å². The Hall–Kier alpha value is -1.16. The molecule has 2 aromatic rings. The SMILES string of the molecule is Cc1nc(SCCF)c2ccccc2n1. The van der Waals surface area contributed by atoms with Gasteiger partial charge in [-0.05, 0) is 13.0 Å². The summed E-state index contributed by atoms with van der Waals surface area (Å²) in [7, 11) is 0. The molecular formula is C11H11FN2S. The Balaban J connectivity index is 2.50. The highest BCUT2D eigenvalue weighted by molar-refractivity contribution is 7.99. The number of alkyl halides is 1. The van der Waals surface area contributed by atoms with Crippen LogP contribution in [-0.2, 0) is 0 Å². The molecule has 15 heavy (non-hydrogen) atoms. The van der Waals surface area contributed by atoms with E-state index < -0.39 is 0 Å². The monoisotopic (exact) mass is 222 g/mol. The Morgan fingerprint density at radius 1 is 1.27 bits per heavy atom. The smallest absolute Gasteiger partial charge is 0.127 e. The number of nitrogens with zero attached hydrogens (tertiary/aromatic N) is 2. The average molecular weight is 222 g/mol. The standard InChI is InChI=1S/C11H11FN2S/c1-8-13-10-5-3-2-4-9(10)11(14-8)15-7-6-12/h2-5H,6-7H2,1H3. The van der Waals surface area contributed by atoms with Gasteiger partial charge in [0.15, 0.2) is 0 Å². The van der Waals surface area contributed by atoms with Crippen LogP contribution in [0.15, 0.2) is 29.3 Å². The summed E-state index contributed by atoms with van der Waals surface area (Å²) in [4.78, 5) is 8.65. The lowest BCUT2D eigenvalue weighted by atomic mass is 10.2. The van der Waals surface area contributed by atoms with E-state index in [-0.39, 0.29) is 6.67 Å². The third-order valence-corrected chi connectivity index (χ3v) is 2.94. The second-order valence-electron chi connectivity index (χ2n) is 3.13. The van der Waals surface area contributed by atoms with Crippen LogP contribution in [-0.4, -0.2) is 22.4 Å². The molecule has 1 heterocycles. The highest BCUT2D eigenvalue weighted by Gasteiger charge is 2.05. The molecule has 0 saturated heterocycles. The van der Waals surface area contributed by atoms with Gasteiger partial charge in [0.2, 0.25) is 0 Å². The van der Waals surface area contributed by atoms with Crippen molar-refractivity contribution in [1.29, 1.82) is 0 Å². The van der Waals surface area contributed by atoms with E-state index in [1.165, 1.54) is 11.8 Å². The van der Waals surface area contributed by atoms with Crippen LogP contribution in [0, 0.1) is 6.92 Å². The number of aryl methyl sites for hydroxylation is 1. The Morgan fingerprint density at radius 2 is 2.07 bits per heavy atom. The van der Waals surface area contributed by atoms with Crippen LogP contribution in [0.2, 0.25) is 0 Å². The Labute approximate surface area is 91.9 Å². The van der Waals surface area contributed by atoms with Gasteiger partial charge < -0.3 is 0 Å². The first kappa shape index (κ1) is 10.4. The van der Waals surface area contributed by atoms with Gasteiger partial charge in [-0.15, -0.1) is 11.8 Å². The van der Waals surface area contributed by atoms with Gasteiger partial charge in [-0.2, -0.15) is 0 Å². The first-order valence-electron chi connectivity index (χ1n) is 4.73. The molecule has 0 aliphatic heterocycles. The molecule has 0 unspecified atom stereocenters. The molecule has 4 heteroatoms. The maximum atomic E-state index is 12.1. The summed E-state index contributed by atoms with van der Waals surface area (Å²) in [6, 6.07) is 7.80. The minimum absolute atomic E-state index is 0.331. The summed E-state index contributed by atoms with van der Waals surface area (Å²) in [6.07, 6.45) is 0. The molecule has 1 aromatic carbocycles. The van der Waals surface area contributed by atoms with Crippen molar-refractivity contribution in [3.05, 3.63) is 30.1 Å². The Kier molecular flexibility index (Phi) is 3.16. The van der Waals surface area contributed by atoms with Gasteiger partial charge in [-0.1, -0.05) is 18.2 Å². The van der Waals surface area contributed by atoms with Gasteiger partial charge in [0.25, 0.3) is 0 Å². The molecule has 0 bridgehead atoms. The molecular weight excluding hydrogens is 211 g/mol. The summed E-state index contributed by atoms with van der Waals surface area (Å²) in [5.74, 6) is 1.18. The number of rotatable bonds is 3. The fourth-order valence-corrected chi connectivity index (χ4v) is 2.20. The van der Waals surface area contributed by atoms with Crippen molar-refractivity contribution in [2.75, 3.05) is 12.4 Å². The van der Waals surface area contributed by atoms with Crippen LogP contribution in [0.5, 0.6) is 0 Å². The van der Waals surface area contributed by atoms with Crippen molar-refractivity contribution < 1.29 is 4.39 Å².